The van der Waals surface area contributed by atoms with Crippen molar-refractivity contribution in [3.63, 3.8) is 0 Å². The fourth-order valence-corrected chi connectivity index (χ4v) is 4.93. The Morgan fingerprint density at radius 3 is 2.72 bits per heavy atom. The van der Waals surface area contributed by atoms with E-state index in [4.69, 9.17) is 18.9 Å². The molecule has 0 radical (unpaired) electrons. The molecular formula is C28H24N6O4S. The van der Waals surface area contributed by atoms with Crippen molar-refractivity contribution in [2.75, 3.05) is 21.2 Å². The summed E-state index contributed by atoms with van der Waals surface area (Å²) in [4.78, 5) is 27.2. The number of nitrogens with zero attached hydrogens (tertiary/aromatic N) is 6. The lowest BCUT2D eigenvalue weighted by Crippen LogP contribution is -2.21. The van der Waals surface area contributed by atoms with Gasteiger partial charge >= 0.3 is 0 Å². The SMILES string of the molecule is COc1cc(OCc2csc(-c3ccc(C(=O)N(C)C)cc3)n2)c2cc(-c3cn4nc(C)ncc4n3)oc2c1. The maximum Gasteiger partial charge on any atom is 0.253 e. The zero-order valence-electron chi connectivity index (χ0n) is 21.7. The van der Waals surface area contributed by atoms with Gasteiger partial charge in [-0.15, -0.1) is 11.3 Å². The maximum absolute atomic E-state index is 12.2. The number of imidazole rings is 1. The van der Waals surface area contributed by atoms with Crippen LogP contribution in [0.5, 0.6) is 11.5 Å². The lowest BCUT2D eigenvalue weighted by molar-refractivity contribution is 0.0827. The van der Waals surface area contributed by atoms with Crippen LogP contribution in [-0.4, -0.2) is 56.6 Å². The Kier molecular flexibility index (Phi) is 6.20. The van der Waals surface area contributed by atoms with Crippen molar-refractivity contribution in [3.8, 4) is 33.5 Å². The van der Waals surface area contributed by atoms with E-state index in [1.807, 2.05) is 54.8 Å². The summed E-state index contributed by atoms with van der Waals surface area (Å²) in [5, 5.41) is 7.97. The molecule has 0 aliphatic rings. The molecule has 4 heterocycles. The molecule has 4 aromatic heterocycles. The molecule has 6 aromatic rings. The minimum absolute atomic E-state index is 0.0354. The number of benzene rings is 2. The Morgan fingerprint density at radius 2 is 1.95 bits per heavy atom. The molecule has 0 spiro atoms. The largest absolute Gasteiger partial charge is 0.496 e. The molecule has 196 valence electrons. The van der Waals surface area contributed by atoms with Crippen LogP contribution in [0.15, 0.2) is 64.7 Å². The second kappa shape index (κ2) is 9.84. The number of hydrogen-bond donors (Lipinski definition) is 0. The maximum atomic E-state index is 12.2. The van der Waals surface area contributed by atoms with E-state index in [9.17, 15) is 4.79 Å². The number of ether oxygens (including phenoxy) is 2. The Balaban J connectivity index is 1.24. The molecular weight excluding hydrogens is 516 g/mol. The first-order chi connectivity index (χ1) is 18.9. The lowest BCUT2D eigenvalue weighted by Gasteiger charge is -2.10. The minimum Gasteiger partial charge on any atom is -0.496 e. The number of aromatic nitrogens is 5. The van der Waals surface area contributed by atoms with Gasteiger partial charge in [0.2, 0.25) is 0 Å². The number of amides is 1. The van der Waals surface area contributed by atoms with Crippen LogP contribution in [-0.2, 0) is 6.61 Å². The number of carbonyl (C=O) groups is 1. The first kappa shape index (κ1) is 24.6. The van der Waals surface area contributed by atoms with Gasteiger partial charge in [0.05, 0.1) is 30.6 Å². The van der Waals surface area contributed by atoms with Crippen LogP contribution in [0.25, 0.3) is 38.6 Å². The molecule has 2 aromatic carbocycles. The molecule has 0 aliphatic heterocycles. The minimum atomic E-state index is -0.0354. The van der Waals surface area contributed by atoms with Gasteiger partial charge in [-0.3, -0.25) is 4.79 Å². The van der Waals surface area contributed by atoms with Gasteiger partial charge < -0.3 is 18.8 Å². The highest BCUT2D eigenvalue weighted by molar-refractivity contribution is 7.13. The van der Waals surface area contributed by atoms with Crippen LogP contribution in [0.3, 0.4) is 0 Å². The van der Waals surface area contributed by atoms with Gasteiger partial charge in [0.1, 0.15) is 40.2 Å². The Hall–Kier alpha value is -4.77. The number of hydrogen-bond acceptors (Lipinski definition) is 9. The third-order valence-corrected chi connectivity index (χ3v) is 7.05. The average Bonchev–Trinajstić information content (AvgIpc) is 3.69. The number of rotatable bonds is 7. The molecule has 1 amide bonds. The van der Waals surface area contributed by atoms with Gasteiger partial charge in [0.25, 0.3) is 5.91 Å². The van der Waals surface area contributed by atoms with Crippen molar-refractivity contribution in [1.29, 1.82) is 0 Å². The topological polar surface area (TPSA) is 108 Å². The van der Waals surface area contributed by atoms with Gasteiger partial charge in [-0.05, 0) is 25.1 Å². The van der Waals surface area contributed by atoms with E-state index in [0.717, 1.165) is 21.7 Å². The van der Waals surface area contributed by atoms with Crippen molar-refractivity contribution in [2.24, 2.45) is 0 Å². The highest BCUT2D eigenvalue weighted by Crippen LogP contribution is 2.37. The summed E-state index contributed by atoms with van der Waals surface area (Å²) in [5.41, 5.74) is 4.25. The monoisotopic (exact) mass is 540 g/mol. The van der Waals surface area contributed by atoms with E-state index in [0.29, 0.717) is 45.6 Å². The van der Waals surface area contributed by atoms with E-state index >= 15 is 0 Å². The quantitative estimate of drug-likeness (QED) is 0.270. The van der Waals surface area contributed by atoms with E-state index < -0.39 is 0 Å². The van der Waals surface area contributed by atoms with Crippen LogP contribution < -0.4 is 9.47 Å². The molecule has 0 saturated carbocycles. The van der Waals surface area contributed by atoms with Crippen LogP contribution >= 0.6 is 11.3 Å². The number of thiazole rings is 1. The van der Waals surface area contributed by atoms with Gasteiger partial charge in [0, 0.05) is 42.7 Å². The molecule has 11 heteroatoms. The van der Waals surface area contributed by atoms with Crippen molar-refractivity contribution in [3.05, 3.63) is 77.3 Å². The third kappa shape index (κ3) is 4.79. The number of furan rings is 1. The molecule has 0 saturated heterocycles. The number of methoxy groups -OCH3 is 1. The second-order valence-corrected chi connectivity index (χ2v) is 9.95. The van der Waals surface area contributed by atoms with Crippen molar-refractivity contribution >= 4 is 33.9 Å². The van der Waals surface area contributed by atoms with Gasteiger partial charge in [-0.25, -0.2) is 19.5 Å². The normalized spacial score (nSPS) is 11.3. The first-order valence-corrected chi connectivity index (χ1v) is 13.0. The van der Waals surface area contributed by atoms with Crippen molar-refractivity contribution in [1.82, 2.24) is 29.5 Å². The first-order valence-electron chi connectivity index (χ1n) is 12.1. The van der Waals surface area contributed by atoms with Crippen molar-refractivity contribution in [2.45, 2.75) is 13.5 Å². The molecule has 6 rings (SSSR count). The fourth-order valence-electron chi connectivity index (χ4n) is 4.12. The highest BCUT2D eigenvalue weighted by Gasteiger charge is 2.17. The van der Waals surface area contributed by atoms with E-state index in [1.165, 1.54) is 11.3 Å². The summed E-state index contributed by atoms with van der Waals surface area (Å²) < 4.78 is 19.5. The molecule has 0 aliphatic carbocycles. The average molecular weight is 541 g/mol. The fraction of sp³-hybridized carbons (Fsp3) is 0.179. The van der Waals surface area contributed by atoms with E-state index in [-0.39, 0.29) is 12.5 Å². The van der Waals surface area contributed by atoms with Gasteiger partial charge in [-0.2, -0.15) is 5.10 Å². The highest BCUT2D eigenvalue weighted by atomic mass is 32.1. The number of fused-ring (bicyclic) bond motifs is 2. The smallest absolute Gasteiger partial charge is 0.253 e. The number of carbonyl (C=O) groups excluding carboxylic acids is 1. The standard InChI is InChI=1S/C28H24N6O4S/c1-16-29-12-26-31-22(13-34(26)32-16)25-11-21-23(9-20(36-4)10-24(21)38-25)37-14-19-15-39-27(30-19)17-5-7-18(8-6-17)28(35)33(2)3/h5-13,15H,14H2,1-4H3. The van der Waals surface area contributed by atoms with Gasteiger partial charge in [-0.1, -0.05) is 12.1 Å². The predicted octanol–water partition coefficient (Wildman–Crippen LogP) is 5.26. The third-order valence-electron chi connectivity index (χ3n) is 6.11. The Labute approximate surface area is 227 Å². The summed E-state index contributed by atoms with van der Waals surface area (Å²) in [5.74, 6) is 2.42. The van der Waals surface area contributed by atoms with Gasteiger partial charge in [0.15, 0.2) is 11.4 Å². The molecule has 10 nitrogen and oxygen atoms in total. The summed E-state index contributed by atoms with van der Waals surface area (Å²) in [6, 6.07) is 13.0. The molecule has 0 atom stereocenters. The molecule has 39 heavy (non-hydrogen) atoms. The van der Waals surface area contributed by atoms with E-state index in [1.54, 1.807) is 43.0 Å². The van der Waals surface area contributed by atoms with Crippen LogP contribution in [0.1, 0.15) is 21.9 Å². The molecule has 0 fully saturated rings. The lowest BCUT2D eigenvalue weighted by atomic mass is 10.1. The Bertz CT molecular complexity index is 1820. The molecule has 0 N–H and O–H groups in total. The predicted molar refractivity (Wildman–Crippen MR) is 147 cm³/mol. The second-order valence-electron chi connectivity index (χ2n) is 9.09. The zero-order chi connectivity index (χ0) is 27.1. The summed E-state index contributed by atoms with van der Waals surface area (Å²) in [6.45, 7) is 2.09. The van der Waals surface area contributed by atoms with Crippen LogP contribution in [0.4, 0.5) is 0 Å². The summed E-state index contributed by atoms with van der Waals surface area (Å²) >= 11 is 1.52. The summed E-state index contributed by atoms with van der Waals surface area (Å²) in [7, 11) is 5.07. The zero-order valence-corrected chi connectivity index (χ0v) is 22.5. The Morgan fingerprint density at radius 1 is 1.13 bits per heavy atom. The summed E-state index contributed by atoms with van der Waals surface area (Å²) in [6.07, 6.45) is 3.48. The molecule has 0 bridgehead atoms. The van der Waals surface area contributed by atoms with Crippen LogP contribution in [0.2, 0.25) is 0 Å². The number of aryl methyl sites for hydroxylation is 1. The van der Waals surface area contributed by atoms with Crippen molar-refractivity contribution < 1.29 is 18.7 Å². The van der Waals surface area contributed by atoms with Crippen LogP contribution in [0, 0.1) is 6.92 Å². The molecule has 0 unspecified atom stereocenters. The van der Waals surface area contributed by atoms with E-state index in [2.05, 4.69) is 15.1 Å².